The van der Waals surface area contributed by atoms with Crippen molar-refractivity contribution in [1.29, 1.82) is 0 Å². The minimum atomic E-state index is -0.215. The molecule has 0 saturated carbocycles. The second-order valence-electron chi connectivity index (χ2n) is 6.59. The van der Waals surface area contributed by atoms with Gasteiger partial charge in [-0.2, -0.15) is 0 Å². The van der Waals surface area contributed by atoms with Crippen LogP contribution in [0.2, 0.25) is 0 Å². The summed E-state index contributed by atoms with van der Waals surface area (Å²) in [5.74, 6) is 0.784. The van der Waals surface area contributed by atoms with Crippen molar-refractivity contribution in [2.45, 2.75) is 19.9 Å². The average Bonchev–Trinajstić information content (AvgIpc) is 3.09. The molecule has 4 aromatic rings. The molecule has 1 amide bonds. The van der Waals surface area contributed by atoms with Crippen LogP contribution in [-0.4, -0.2) is 25.8 Å². The lowest BCUT2D eigenvalue weighted by Crippen LogP contribution is -2.32. The van der Waals surface area contributed by atoms with Crippen LogP contribution in [0.1, 0.15) is 36.1 Å². The molecule has 2 heterocycles. The first kappa shape index (κ1) is 16.2. The number of fused-ring (bicyclic) bond motifs is 2. The van der Waals surface area contributed by atoms with Crippen LogP contribution in [0.25, 0.3) is 22.1 Å². The van der Waals surface area contributed by atoms with Gasteiger partial charge in [0, 0.05) is 18.0 Å². The predicted octanol–water partition coefficient (Wildman–Crippen LogP) is 3.63. The third-order valence-corrected chi connectivity index (χ3v) is 4.39. The molecule has 26 heavy (non-hydrogen) atoms. The van der Waals surface area contributed by atoms with Crippen molar-refractivity contribution in [3.05, 3.63) is 66.2 Å². The summed E-state index contributed by atoms with van der Waals surface area (Å²) in [5.41, 5.74) is 3.87. The molecule has 6 heteroatoms. The van der Waals surface area contributed by atoms with Crippen LogP contribution in [0, 0.1) is 5.92 Å². The van der Waals surface area contributed by atoms with E-state index in [-0.39, 0.29) is 17.9 Å². The predicted molar refractivity (Wildman–Crippen MR) is 101 cm³/mol. The Morgan fingerprint density at radius 2 is 1.77 bits per heavy atom. The standard InChI is InChI=1S/C20H19N5O/c1-12(2)18(19-23-15-5-3-4-6-16(15)24-19)25-20(26)13-7-8-14-17(11-13)22-10-9-21-14/h3-12,18H,1-2H3,(H,23,24)(H,25,26)/t18-/m0/s1. The molecule has 1 atom stereocenters. The first-order chi connectivity index (χ1) is 12.6. The molecule has 6 nitrogen and oxygen atoms in total. The van der Waals surface area contributed by atoms with Crippen LogP contribution < -0.4 is 5.32 Å². The highest BCUT2D eigenvalue weighted by Gasteiger charge is 2.22. The number of rotatable bonds is 4. The fourth-order valence-electron chi connectivity index (χ4n) is 3.00. The minimum Gasteiger partial charge on any atom is -0.342 e. The maximum atomic E-state index is 12.8. The second kappa shape index (κ2) is 6.55. The molecule has 0 unspecified atom stereocenters. The molecule has 0 bridgehead atoms. The number of nitrogens with one attached hydrogen (secondary N) is 2. The number of aromatic nitrogens is 4. The monoisotopic (exact) mass is 345 g/mol. The third-order valence-electron chi connectivity index (χ3n) is 4.39. The number of amides is 1. The quantitative estimate of drug-likeness (QED) is 0.591. The lowest BCUT2D eigenvalue weighted by molar-refractivity contribution is 0.0923. The molecule has 0 fully saturated rings. The fraction of sp³-hybridized carbons (Fsp3) is 0.200. The number of benzene rings is 2. The van der Waals surface area contributed by atoms with Crippen LogP contribution in [-0.2, 0) is 0 Å². The Balaban J connectivity index is 1.63. The van der Waals surface area contributed by atoms with Crippen molar-refractivity contribution in [2.75, 3.05) is 0 Å². The maximum absolute atomic E-state index is 12.8. The number of nitrogens with zero attached hydrogens (tertiary/aromatic N) is 3. The highest BCUT2D eigenvalue weighted by atomic mass is 16.1. The molecule has 0 radical (unpaired) electrons. The Hall–Kier alpha value is -3.28. The van der Waals surface area contributed by atoms with Crippen molar-refractivity contribution >= 4 is 28.0 Å². The molecule has 0 aliphatic rings. The summed E-state index contributed by atoms with van der Waals surface area (Å²) >= 11 is 0. The molecule has 4 rings (SSSR count). The molecular formula is C20H19N5O. The first-order valence-corrected chi connectivity index (χ1v) is 8.58. The van der Waals surface area contributed by atoms with Gasteiger partial charge in [0.05, 0.1) is 28.1 Å². The van der Waals surface area contributed by atoms with E-state index in [2.05, 4.69) is 39.1 Å². The Bertz CT molecular complexity index is 1050. The molecule has 0 saturated heterocycles. The van der Waals surface area contributed by atoms with E-state index in [0.717, 1.165) is 22.4 Å². The van der Waals surface area contributed by atoms with E-state index < -0.39 is 0 Å². The van der Waals surface area contributed by atoms with Gasteiger partial charge >= 0.3 is 0 Å². The van der Waals surface area contributed by atoms with Crippen molar-refractivity contribution in [3.8, 4) is 0 Å². The van der Waals surface area contributed by atoms with Gasteiger partial charge in [-0.05, 0) is 36.2 Å². The SMILES string of the molecule is CC(C)[C@H](NC(=O)c1ccc2nccnc2c1)c1nc2ccccc2[nH]1. The van der Waals surface area contributed by atoms with E-state index in [1.807, 2.05) is 30.3 Å². The second-order valence-corrected chi connectivity index (χ2v) is 6.59. The first-order valence-electron chi connectivity index (χ1n) is 8.58. The molecule has 2 aromatic carbocycles. The zero-order valence-electron chi connectivity index (χ0n) is 14.6. The highest BCUT2D eigenvalue weighted by Crippen LogP contribution is 2.23. The van der Waals surface area contributed by atoms with Crippen LogP contribution in [0.3, 0.4) is 0 Å². The number of carbonyl (C=O) groups excluding carboxylic acids is 1. The summed E-state index contributed by atoms with van der Waals surface area (Å²) in [6, 6.07) is 13.0. The zero-order valence-corrected chi connectivity index (χ0v) is 14.6. The van der Waals surface area contributed by atoms with Gasteiger partial charge in [0.1, 0.15) is 5.82 Å². The maximum Gasteiger partial charge on any atom is 0.251 e. The molecule has 0 spiro atoms. The number of imidazole rings is 1. The van der Waals surface area contributed by atoms with Crippen molar-refractivity contribution in [2.24, 2.45) is 5.92 Å². The zero-order chi connectivity index (χ0) is 18.1. The summed E-state index contributed by atoms with van der Waals surface area (Å²) in [7, 11) is 0. The van der Waals surface area contributed by atoms with E-state index in [4.69, 9.17) is 0 Å². The number of aromatic amines is 1. The van der Waals surface area contributed by atoms with Gasteiger partial charge in [0.15, 0.2) is 0 Å². The summed E-state index contributed by atoms with van der Waals surface area (Å²) in [6.45, 7) is 4.12. The summed E-state index contributed by atoms with van der Waals surface area (Å²) in [6.07, 6.45) is 3.26. The lowest BCUT2D eigenvalue weighted by Gasteiger charge is -2.20. The van der Waals surface area contributed by atoms with E-state index in [1.54, 1.807) is 24.5 Å². The lowest BCUT2D eigenvalue weighted by atomic mass is 10.0. The Morgan fingerprint density at radius 1 is 1.00 bits per heavy atom. The average molecular weight is 345 g/mol. The number of H-pyrrole nitrogens is 1. The third kappa shape index (κ3) is 3.01. The van der Waals surface area contributed by atoms with Crippen LogP contribution in [0.5, 0.6) is 0 Å². The largest absolute Gasteiger partial charge is 0.342 e. The number of carbonyl (C=O) groups is 1. The molecule has 0 aliphatic heterocycles. The van der Waals surface area contributed by atoms with E-state index in [0.29, 0.717) is 11.1 Å². The van der Waals surface area contributed by atoms with Crippen molar-refractivity contribution < 1.29 is 4.79 Å². The normalized spacial score (nSPS) is 12.6. The van der Waals surface area contributed by atoms with Crippen molar-refractivity contribution in [1.82, 2.24) is 25.3 Å². The number of hydrogen-bond acceptors (Lipinski definition) is 4. The Kier molecular flexibility index (Phi) is 4.08. The summed E-state index contributed by atoms with van der Waals surface area (Å²) < 4.78 is 0. The summed E-state index contributed by atoms with van der Waals surface area (Å²) in [5, 5.41) is 3.09. The van der Waals surface area contributed by atoms with E-state index in [1.165, 1.54) is 0 Å². The van der Waals surface area contributed by atoms with Crippen molar-refractivity contribution in [3.63, 3.8) is 0 Å². The molecule has 2 N–H and O–H groups in total. The summed E-state index contributed by atoms with van der Waals surface area (Å²) in [4.78, 5) is 29.2. The Morgan fingerprint density at radius 3 is 2.54 bits per heavy atom. The topological polar surface area (TPSA) is 83.6 Å². The van der Waals surface area contributed by atoms with E-state index in [9.17, 15) is 4.79 Å². The van der Waals surface area contributed by atoms with Gasteiger partial charge in [-0.25, -0.2) is 4.98 Å². The van der Waals surface area contributed by atoms with Gasteiger partial charge in [0.25, 0.3) is 5.91 Å². The van der Waals surface area contributed by atoms with Gasteiger partial charge in [-0.1, -0.05) is 26.0 Å². The smallest absolute Gasteiger partial charge is 0.251 e. The number of hydrogen-bond donors (Lipinski definition) is 2. The fourth-order valence-corrected chi connectivity index (χ4v) is 3.00. The minimum absolute atomic E-state index is 0.156. The molecule has 130 valence electrons. The van der Waals surface area contributed by atoms with Gasteiger partial charge in [-0.15, -0.1) is 0 Å². The van der Waals surface area contributed by atoms with Gasteiger partial charge in [0.2, 0.25) is 0 Å². The van der Waals surface area contributed by atoms with E-state index >= 15 is 0 Å². The van der Waals surface area contributed by atoms with Gasteiger partial charge < -0.3 is 10.3 Å². The molecule has 0 aliphatic carbocycles. The highest BCUT2D eigenvalue weighted by molar-refractivity contribution is 5.97. The van der Waals surface area contributed by atoms with Gasteiger partial charge in [-0.3, -0.25) is 14.8 Å². The molecular weight excluding hydrogens is 326 g/mol. The Labute approximate surface area is 150 Å². The molecule has 2 aromatic heterocycles. The van der Waals surface area contributed by atoms with Crippen LogP contribution in [0.4, 0.5) is 0 Å². The van der Waals surface area contributed by atoms with Crippen LogP contribution in [0.15, 0.2) is 54.9 Å². The van der Waals surface area contributed by atoms with Crippen LogP contribution >= 0.6 is 0 Å². The number of para-hydroxylation sites is 2.